The number of aromatic nitrogens is 4. The van der Waals surface area contributed by atoms with Gasteiger partial charge in [-0.15, -0.1) is 5.10 Å². The number of hydrogen-bond donors (Lipinski definition) is 2. The second-order valence-corrected chi connectivity index (χ2v) is 10.4. The summed E-state index contributed by atoms with van der Waals surface area (Å²) in [4.78, 5) is 31.0. The quantitative estimate of drug-likeness (QED) is 0.240. The molecule has 44 heavy (non-hydrogen) atoms. The third-order valence-corrected chi connectivity index (χ3v) is 7.14. The Labute approximate surface area is 256 Å². The van der Waals surface area contributed by atoms with Gasteiger partial charge in [-0.3, -0.25) is 9.36 Å². The average Bonchev–Trinajstić information content (AvgIpc) is 3.34. The molecule has 0 bridgehead atoms. The van der Waals surface area contributed by atoms with Gasteiger partial charge >= 0.3 is 5.69 Å². The molecule has 0 aliphatic carbocycles. The Hall–Kier alpha value is -4.17. The summed E-state index contributed by atoms with van der Waals surface area (Å²) < 4.78 is 49.4. The number of amides is 1. The van der Waals surface area contributed by atoms with Gasteiger partial charge in [0.05, 0.1) is 42.1 Å². The van der Waals surface area contributed by atoms with Gasteiger partial charge in [0.1, 0.15) is 18.2 Å². The molecule has 1 aliphatic heterocycles. The zero-order chi connectivity index (χ0) is 31.2. The van der Waals surface area contributed by atoms with Crippen molar-refractivity contribution in [1.82, 2.24) is 19.3 Å². The highest BCUT2D eigenvalue weighted by molar-refractivity contribution is 6.34. The van der Waals surface area contributed by atoms with Gasteiger partial charge in [-0.2, -0.15) is 4.68 Å². The van der Waals surface area contributed by atoms with Crippen LogP contribution in [0, 0.1) is 11.6 Å². The van der Waals surface area contributed by atoms with Crippen molar-refractivity contribution in [3.63, 3.8) is 0 Å². The first kappa shape index (κ1) is 31.3. The van der Waals surface area contributed by atoms with Gasteiger partial charge in [-0.1, -0.05) is 48.0 Å². The van der Waals surface area contributed by atoms with E-state index in [1.165, 1.54) is 16.7 Å². The lowest BCUT2D eigenvalue weighted by molar-refractivity contribution is -0.183. The van der Waals surface area contributed by atoms with E-state index in [2.05, 4.69) is 20.7 Å². The summed E-state index contributed by atoms with van der Waals surface area (Å²) in [5.41, 5.74) is -0.265. The Bertz CT molecular complexity index is 1660. The van der Waals surface area contributed by atoms with Crippen molar-refractivity contribution in [2.45, 2.75) is 52.4 Å². The average molecular weight is 629 g/mol. The zero-order valence-electron chi connectivity index (χ0n) is 24.1. The summed E-state index contributed by atoms with van der Waals surface area (Å²) >= 11 is 6.09. The van der Waals surface area contributed by atoms with Crippen LogP contribution in [0.3, 0.4) is 0 Å². The first-order valence-electron chi connectivity index (χ1n) is 14.0. The zero-order valence-corrected chi connectivity index (χ0v) is 24.8. The molecule has 0 spiro atoms. The topological polar surface area (TPSA) is 122 Å². The van der Waals surface area contributed by atoms with Gasteiger partial charge in [0.15, 0.2) is 23.7 Å². The molecule has 2 aromatic carbocycles. The molecule has 2 N–H and O–H groups in total. The lowest BCUT2D eigenvalue weighted by Gasteiger charge is -2.29. The molecule has 1 fully saturated rings. The molecule has 0 radical (unpaired) electrons. The molecule has 5 rings (SSSR count). The van der Waals surface area contributed by atoms with Crippen LogP contribution in [0.25, 0.3) is 5.82 Å². The molecule has 232 valence electrons. The summed E-state index contributed by atoms with van der Waals surface area (Å²) in [6.07, 6.45) is 0.0333. The maximum atomic E-state index is 15.7. The Morgan fingerprint density at radius 1 is 1.11 bits per heavy atom. The number of pyridine rings is 1. The van der Waals surface area contributed by atoms with Crippen molar-refractivity contribution in [3.8, 4) is 5.82 Å². The van der Waals surface area contributed by atoms with Crippen LogP contribution in [-0.4, -0.2) is 50.8 Å². The van der Waals surface area contributed by atoms with E-state index in [1.807, 2.05) is 30.3 Å². The SMILES string of the molecule is CCn1c(COCc2ccccc2)nn(-c2nc(NC(C)C3OCCCO3)c(C(=O)Nc3c(F)cccc3Cl)cc2F)c1=O. The van der Waals surface area contributed by atoms with E-state index in [0.717, 1.165) is 28.8 Å². The number of rotatable bonds is 11. The van der Waals surface area contributed by atoms with E-state index >= 15 is 4.39 Å². The summed E-state index contributed by atoms with van der Waals surface area (Å²) in [6, 6.07) is 13.7. The normalized spacial score (nSPS) is 14.4. The summed E-state index contributed by atoms with van der Waals surface area (Å²) in [7, 11) is 0. The molecular weight excluding hydrogens is 598 g/mol. The van der Waals surface area contributed by atoms with Crippen LogP contribution < -0.4 is 16.3 Å². The molecule has 1 amide bonds. The van der Waals surface area contributed by atoms with Gasteiger partial charge in [0.2, 0.25) is 0 Å². The first-order valence-corrected chi connectivity index (χ1v) is 14.4. The number of nitrogens with one attached hydrogen (secondary N) is 2. The minimum atomic E-state index is -1.02. The van der Waals surface area contributed by atoms with Crippen LogP contribution in [0.1, 0.15) is 42.0 Å². The molecule has 2 aromatic heterocycles. The van der Waals surface area contributed by atoms with E-state index in [9.17, 15) is 14.0 Å². The predicted octanol–water partition coefficient (Wildman–Crippen LogP) is 4.91. The highest BCUT2D eigenvalue weighted by Crippen LogP contribution is 2.28. The molecule has 1 unspecified atom stereocenters. The summed E-state index contributed by atoms with van der Waals surface area (Å²) in [5, 5.41) is 9.68. The van der Waals surface area contributed by atoms with Crippen LogP contribution in [0.15, 0.2) is 59.4 Å². The molecular formula is C30H31ClF2N6O5. The maximum Gasteiger partial charge on any atom is 0.352 e. The molecule has 1 atom stereocenters. The minimum Gasteiger partial charge on any atom is -0.369 e. The van der Waals surface area contributed by atoms with Crippen LogP contribution in [0.5, 0.6) is 0 Å². The van der Waals surface area contributed by atoms with E-state index < -0.39 is 41.4 Å². The molecule has 1 aliphatic rings. The maximum absolute atomic E-state index is 15.7. The van der Waals surface area contributed by atoms with Gasteiger partial charge < -0.3 is 24.8 Å². The smallest absolute Gasteiger partial charge is 0.352 e. The number of anilines is 2. The number of carbonyl (C=O) groups is 1. The number of nitrogens with zero attached hydrogens (tertiary/aromatic N) is 4. The van der Waals surface area contributed by atoms with E-state index in [-0.39, 0.29) is 47.7 Å². The van der Waals surface area contributed by atoms with Gasteiger partial charge in [-0.05, 0) is 44.0 Å². The molecule has 4 aromatic rings. The third kappa shape index (κ3) is 6.97. The lowest BCUT2D eigenvalue weighted by atomic mass is 10.2. The minimum absolute atomic E-state index is 0.0189. The van der Waals surface area contributed by atoms with E-state index in [0.29, 0.717) is 13.2 Å². The van der Waals surface area contributed by atoms with Crippen molar-refractivity contribution >= 4 is 29.0 Å². The highest BCUT2D eigenvalue weighted by atomic mass is 35.5. The van der Waals surface area contributed by atoms with E-state index in [4.69, 9.17) is 25.8 Å². The van der Waals surface area contributed by atoms with Crippen LogP contribution in [0.4, 0.5) is 20.3 Å². The van der Waals surface area contributed by atoms with Crippen molar-refractivity contribution in [2.24, 2.45) is 0 Å². The molecule has 0 saturated carbocycles. The number of halogens is 3. The monoisotopic (exact) mass is 628 g/mol. The fraction of sp³-hybridized carbons (Fsp3) is 0.333. The van der Waals surface area contributed by atoms with Crippen LogP contribution in [-0.2, 0) is 34.0 Å². The van der Waals surface area contributed by atoms with Crippen molar-refractivity contribution in [3.05, 3.63) is 98.7 Å². The van der Waals surface area contributed by atoms with Crippen molar-refractivity contribution < 1.29 is 27.8 Å². The number of hydrogen-bond acceptors (Lipinski definition) is 8. The summed E-state index contributed by atoms with van der Waals surface area (Å²) in [5.74, 6) is -2.99. The van der Waals surface area contributed by atoms with Crippen LogP contribution >= 0.6 is 11.6 Å². The van der Waals surface area contributed by atoms with Gasteiger partial charge in [0, 0.05) is 6.54 Å². The highest BCUT2D eigenvalue weighted by Gasteiger charge is 2.27. The standard InChI is InChI=1S/C30H31ClF2N6O5/c1-3-38-24(17-42-16-19-9-5-4-6-10-19)37-39(30(38)41)27-23(33)15-20(28(40)35-25-21(31)11-7-12-22(25)32)26(36-27)34-18(2)29-43-13-8-14-44-29/h4-7,9-12,15,18,29H,3,8,13-14,16-17H2,1-2H3,(H,34,36)(H,35,40). The molecule has 11 nitrogen and oxygen atoms in total. The van der Waals surface area contributed by atoms with Gasteiger partial charge in [-0.25, -0.2) is 18.6 Å². The van der Waals surface area contributed by atoms with Crippen molar-refractivity contribution in [1.29, 1.82) is 0 Å². The number of para-hydroxylation sites is 1. The van der Waals surface area contributed by atoms with E-state index in [1.54, 1.807) is 13.8 Å². The number of ether oxygens (including phenoxy) is 3. The third-order valence-electron chi connectivity index (χ3n) is 6.83. The summed E-state index contributed by atoms with van der Waals surface area (Å²) in [6.45, 7) is 4.93. The number of carbonyl (C=O) groups excluding carboxylic acids is 1. The lowest BCUT2D eigenvalue weighted by Crippen LogP contribution is -2.39. The molecule has 1 saturated heterocycles. The largest absolute Gasteiger partial charge is 0.369 e. The fourth-order valence-electron chi connectivity index (χ4n) is 4.62. The van der Waals surface area contributed by atoms with Crippen LogP contribution in [0.2, 0.25) is 5.02 Å². The molecule has 3 heterocycles. The number of benzene rings is 2. The Kier molecular flexibility index (Phi) is 10.0. The second-order valence-electron chi connectivity index (χ2n) is 9.97. The van der Waals surface area contributed by atoms with Gasteiger partial charge in [0.25, 0.3) is 5.91 Å². The Morgan fingerprint density at radius 3 is 2.57 bits per heavy atom. The second kappa shape index (κ2) is 14.1. The van der Waals surface area contributed by atoms with Crippen molar-refractivity contribution in [2.75, 3.05) is 23.8 Å². The Balaban J connectivity index is 1.49. The first-order chi connectivity index (χ1) is 21.3. The fourth-order valence-corrected chi connectivity index (χ4v) is 4.83. The molecule has 14 heteroatoms. The Morgan fingerprint density at radius 2 is 1.86 bits per heavy atom. The predicted molar refractivity (Wildman–Crippen MR) is 159 cm³/mol.